The van der Waals surface area contributed by atoms with Crippen molar-refractivity contribution in [2.45, 2.75) is 50.2 Å². The van der Waals surface area contributed by atoms with E-state index in [2.05, 4.69) is 20.1 Å². The summed E-state index contributed by atoms with van der Waals surface area (Å²) in [4.78, 5) is 12.2. The lowest BCUT2D eigenvalue weighted by Gasteiger charge is -2.24. The molecule has 0 aliphatic heterocycles. The van der Waals surface area contributed by atoms with Crippen molar-refractivity contribution >= 4 is 35.0 Å². The van der Waals surface area contributed by atoms with Crippen LogP contribution in [0.4, 0.5) is 10.1 Å². The molecule has 0 bridgehead atoms. The molecule has 25 heavy (non-hydrogen) atoms. The highest BCUT2D eigenvalue weighted by Crippen LogP contribution is 2.32. The van der Waals surface area contributed by atoms with E-state index in [1.807, 2.05) is 6.92 Å². The second-order valence-corrected chi connectivity index (χ2v) is 7.51. The Bertz CT molecular complexity index is 761. The molecule has 8 heteroatoms. The minimum Gasteiger partial charge on any atom is -0.325 e. The first-order chi connectivity index (χ1) is 12.0. The van der Waals surface area contributed by atoms with Gasteiger partial charge < -0.3 is 9.88 Å². The molecule has 0 saturated heterocycles. The molecule has 0 atom stereocenters. The lowest BCUT2D eigenvalue weighted by Crippen LogP contribution is -2.17. The average molecular weight is 383 g/mol. The van der Waals surface area contributed by atoms with Crippen molar-refractivity contribution in [1.82, 2.24) is 14.8 Å². The van der Waals surface area contributed by atoms with Crippen molar-refractivity contribution in [3.8, 4) is 0 Å². The fourth-order valence-corrected chi connectivity index (χ4v) is 4.14. The third-order valence-corrected chi connectivity index (χ3v) is 5.54. The van der Waals surface area contributed by atoms with E-state index in [1.54, 1.807) is 0 Å². The second-order valence-electron chi connectivity index (χ2n) is 6.16. The molecule has 1 aliphatic rings. The summed E-state index contributed by atoms with van der Waals surface area (Å²) in [5.41, 5.74) is 0.474. The predicted molar refractivity (Wildman–Crippen MR) is 97.6 cm³/mol. The third kappa shape index (κ3) is 4.52. The number of rotatable bonds is 5. The van der Waals surface area contributed by atoms with Crippen LogP contribution in [0.15, 0.2) is 23.4 Å². The highest BCUT2D eigenvalue weighted by Gasteiger charge is 2.21. The number of aryl methyl sites for hydroxylation is 1. The molecule has 1 N–H and O–H groups in total. The molecule has 1 saturated carbocycles. The molecule has 3 rings (SSSR count). The van der Waals surface area contributed by atoms with Crippen molar-refractivity contribution in [3.05, 3.63) is 34.9 Å². The number of amides is 1. The minimum absolute atomic E-state index is 0.0156. The standard InChI is InChI=1S/C17H20ClFN4OS/c1-11-21-22-17(23(11)13-5-3-2-4-6-13)25-10-16(24)20-12-7-8-15(19)14(18)9-12/h7-9,13H,2-6,10H2,1H3,(H,20,24). The van der Waals surface area contributed by atoms with E-state index in [4.69, 9.17) is 11.6 Å². The Morgan fingerprint density at radius 3 is 2.84 bits per heavy atom. The minimum atomic E-state index is -0.509. The second kappa shape index (κ2) is 8.19. The Kier molecular flexibility index (Phi) is 5.96. The monoisotopic (exact) mass is 382 g/mol. The quantitative estimate of drug-likeness (QED) is 0.767. The number of thioether (sulfide) groups is 1. The van der Waals surface area contributed by atoms with Crippen LogP contribution in [-0.4, -0.2) is 26.4 Å². The van der Waals surface area contributed by atoms with Crippen LogP contribution in [0.3, 0.4) is 0 Å². The van der Waals surface area contributed by atoms with Crippen molar-refractivity contribution in [1.29, 1.82) is 0 Å². The maximum atomic E-state index is 13.2. The number of nitrogens with one attached hydrogen (secondary N) is 1. The number of aromatic nitrogens is 3. The van der Waals surface area contributed by atoms with Gasteiger partial charge in [-0.2, -0.15) is 0 Å². The molecular formula is C17H20ClFN4OS. The van der Waals surface area contributed by atoms with Crippen molar-refractivity contribution in [2.24, 2.45) is 0 Å². The van der Waals surface area contributed by atoms with Gasteiger partial charge in [0, 0.05) is 11.7 Å². The lowest BCUT2D eigenvalue weighted by molar-refractivity contribution is -0.113. The maximum absolute atomic E-state index is 13.2. The van der Waals surface area contributed by atoms with Crippen molar-refractivity contribution in [3.63, 3.8) is 0 Å². The number of carbonyl (C=O) groups excluding carboxylic acids is 1. The number of anilines is 1. The fraction of sp³-hybridized carbons (Fsp3) is 0.471. The summed E-state index contributed by atoms with van der Waals surface area (Å²) in [6.45, 7) is 1.95. The Morgan fingerprint density at radius 2 is 2.12 bits per heavy atom. The molecule has 134 valence electrons. The SMILES string of the molecule is Cc1nnc(SCC(=O)Nc2ccc(F)c(Cl)c2)n1C1CCCCC1. The molecule has 0 radical (unpaired) electrons. The zero-order valence-corrected chi connectivity index (χ0v) is 15.5. The van der Waals surface area contributed by atoms with E-state index >= 15 is 0 Å². The summed E-state index contributed by atoms with van der Waals surface area (Å²) in [6.07, 6.45) is 5.98. The zero-order chi connectivity index (χ0) is 17.8. The number of hydrogen-bond acceptors (Lipinski definition) is 4. The molecule has 1 heterocycles. The highest BCUT2D eigenvalue weighted by atomic mass is 35.5. The highest BCUT2D eigenvalue weighted by molar-refractivity contribution is 7.99. The Balaban J connectivity index is 1.61. The van der Waals surface area contributed by atoms with Crippen LogP contribution in [-0.2, 0) is 4.79 Å². The zero-order valence-electron chi connectivity index (χ0n) is 14.0. The normalized spacial score (nSPS) is 15.3. The van der Waals surface area contributed by atoms with Gasteiger partial charge in [-0.05, 0) is 38.0 Å². The van der Waals surface area contributed by atoms with Gasteiger partial charge in [-0.3, -0.25) is 4.79 Å². The van der Waals surface area contributed by atoms with Gasteiger partial charge in [0.1, 0.15) is 11.6 Å². The van der Waals surface area contributed by atoms with Crippen LogP contribution in [0.25, 0.3) is 0 Å². The molecule has 1 fully saturated rings. The molecule has 1 aliphatic carbocycles. The van der Waals surface area contributed by atoms with E-state index in [0.717, 1.165) is 23.8 Å². The maximum Gasteiger partial charge on any atom is 0.234 e. The Labute approximate surface area is 155 Å². The van der Waals surface area contributed by atoms with E-state index in [9.17, 15) is 9.18 Å². The van der Waals surface area contributed by atoms with Gasteiger partial charge in [-0.1, -0.05) is 42.6 Å². The number of nitrogens with zero attached hydrogens (tertiary/aromatic N) is 3. The topological polar surface area (TPSA) is 59.8 Å². The largest absolute Gasteiger partial charge is 0.325 e. The van der Waals surface area contributed by atoms with Gasteiger partial charge in [-0.25, -0.2) is 4.39 Å². The number of halogens is 2. The van der Waals surface area contributed by atoms with Crippen molar-refractivity contribution in [2.75, 3.05) is 11.1 Å². The number of benzene rings is 1. The van der Waals surface area contributed by atoms with E-state index in [1.165, 1.54) is 49.2 Å². The summed E-state index contributed by atoms with van der Waals surface area (Å²) in [6, 6.07) is 4.53. The fourth-order valence-electron chi connectivity index (χ4n) is 3.11. The molecule has 0 spiro atoms. The van der Waals surface area contributed by atoms with E-state index in [-0.39, 0.29) is 16.7 Å². The van der Waals surface area contributed by atoms with Crippen LogP contribution in [0.2, 0.25) is 5.02 Å². The molecule has 0 unspecified atom stereocenters. The van der Waals surface area contributed by atoms with Crippen LogP contribution < -0.4 is 5.32 Å². The van der Waals surface area contributed by atoms with Gasteiger partial charge in [0.05, 0.1) is 10.8 Å². The summed E-state index contributed by atoms with van der Waals surface area (Å²) in [5.74, 6) is 0.397. The first-order valence-electron chi connectivity index (χ1n) is 8.34. The molecular weight excluding hydrogens is 363 g/mol. The summed E-state index contributed by atoms with van der Waals surface area (Å²) < 4.78 is 15.3. The van der Waals surface area contributed by atoms with Crippen molar-refractivity contribution < 1.29 is 9.18 Å². The van der Waals surface area contributed by atoms with Crippen LogP contribution in [0.5, 0.6) is 0 Å². The number of carbonyl (C=O) groups is 1. The van der Waals surface area contributed by atoms with E-state index < -0.39 is 5.82 Å². The molecule has 1 aromatic carbocycles. The van der Waals surface area contributed by atoms with Gasteiger partial charge >= 0.3 is 0 Å². The van der Waals surface area contributed by atoms with E-state index in [0.29, 0.717) is 11.7 Å². The van der Waals surface area contributed by atoms with Gasteiger partial charge in [-0.15, -0.1) is 10.2 Å². The first-order valence-corrected chi connectivity index (χ1v) is 9.70. The van der Waals surface area contributed by atoms with Gasteiger partial charge in [0.25, 0.3) is 0 Å². The third-order valence-electron chi connectivity index (χ3n) is 4.31. The smallest absolute Gasteiger partial charge is 0.234 e. The Morgan fingerprint density at radius 1 is 1.36 bits per heavy atom. The van der Waals surface area contributed by atoms with Crippen LogP contribution in [0, 0.1) is 12.7 Å². The summed E-state index contributed by atoms with van der Waals surface area (Å²) in [7, 11) is 0. The average Bonchev–Trinajstić information content (AvgIpc) is 2.98. The Hall–Kier alpha value is -1.60. The predicted octanol–water partition coefficient (Wildman–Crippen LogP) is 4.62. The first kappa shape index (κ1) is 18.2. The molecule has 1 amide bonds. The molecule has 2 aromatic rings. The van der Waals surface area contributed by atoms with Gasteiger partial charge in [0.15, 0.2) is 5.16 Å². The molecule has 5 nitrogen and oxygen atoms in total. The summed E-state index contributed by atoms with van der Waals surface area (Å²) in [5, 5.41) is 11.9. The lowest BCUT2D eigenvalue weighted by atomic mass is 9.95. The summed E-state index contributed by atoms with van der Waals surface area (Å²) >= 11 is 7.09. The number of hydrogen-bond donors (Lipinski definition) is 1. The molecule has 1 aromatic heterocycles. The van der Waals surface area contributed by atoms with Crippen LogP contribution >= 0.6 is 23.4 Å². The van der Waals surface area contributed by atoms with Gasteiger partial charge in [0.2, 0.25) is 5.91 Å². The van der Waals surface area contributed by atoms with Crippen LogP contribution in [0.1, 0.15) is 44.0 Å².